The lowest BCUT2D eigenvalue weighted by Gasteiger charge is -2.26. The van der Waals surface area contributed by atoms with E-state index in [-0.39, 0.29) is 18.9 Å². The molecule has 1 heterocycles. The smallest absolute Gasteiger partial charge is 0.232 e. The predicted molar refractivity (Wildman–Crippen MR) is 134 cm³/mol. The van der Waals surface area contributed by atoms with E-state index in [1.54, 1.807) is 0 Å². The maximum atomic E-state index is 12.6. The molecule has 0 atom stereocenters. The van der Waals surface area contributed by atoms with Gasteiger partial charge in [-0.3, -0.25) is 9.10 Å². The fourth-order valence-corrected chi connectivity index (χ4v) is 5.27. The first-order valence-electron chi connectivity index (χ1n) is 11.0. The number of nitrogens with one attached hydrogen (secondary N) is 1. The summed E-state index contributed by atoms with van der Waals surface area (Å²) in [6.45, 7) is 4.16. The standard InChI is InChI=1S/C26H28N2O4S/c1-4-19-10-7-9-18(2)26(19)28(33(3,30)31)16-8-13-25(29)27-20-14-15-22-21-11-5-6-12-23(21)32-24(22)17-20/h5-7,9-12,14-15,17H,4,8,13,16H2,1-3H3,(H,27,29). The molecule has 6 nitrogen and oxygen atoms in total. The maximum absolute atomic E-state index is 12.6. The minimum Gasteiger partial charge on any atom is -0.456 e. The Bertz CT molecular complexity index is 1420. The molecule has 0 aliphatic rings. The van der Waals surface area contributed by atoms with Crippen LogP contribution in [0.3, 0.4) is 0 Å². The van der Waals surface area contributed by atoms with Crippen LogP contribution in [-0.2, 0) is 21.2 Å². The zero-order valence-electron chi connectivity index (χ0n) is 19.1. The number of benzene rings is 3. The third kappa shape index (κ3) is 4.88. The molecule has 172 valence electrons. The lowest BCUT2D eigenvalue weighted by Crippen LogP contribution is -2.33. The summed E-state index contributed by atoms with van der Waals surface area (Å²) < 4.78 is 32.4. The highest BCUT2D eigenvalue weighted by molar-refractivity contribution is 7.92. The van der Waals surface area contributed by atoms with Gasteiger partial charge in [-0.2, -0.15) is 0 Å². The van der Waals surface area contributed by atoms with E-state index < -0.39 is 10.0 Å². The van der Waals surface area contributed by atoms with Crippen molar-refractivity contribution in [2.75, 3.05) is 22.4 Å². The zero-order chi connectivity index (χ0) is 23.6. The van der Waals surface area contributed by atoms with Gasteiger partial charge in [-0.25, -0.2) is 8.42 Å². The molecule has 7 heteroatoms. The van der Waals surface area contributed by atoms with E-state index in [0.29, 0.717) is 17.7 Å². The van der Waals surface area contributed by atoms with Gasteiger partial charge in [0.2, 0.25) is 15.9 Å². The van der Waals surface area contributed by atoms with Crippen molar-refractivity contribution in [1.29, 1.82) is 0 Å². The Morgan fingerprint density at radius 1 is 1.00 bits per heavy atom. The SMILES string of the molecule is CCc1cccc(C)c1N(CCCC(=O)Nc1ccc2c(c1)oc1ccccc12)S(C)(=O)=O. The number of nitrogens with zero attached hydrogens (tertiary/aromatic N) is 1. The molecule has 1 N–H and O–H groups in total. The van der Waals surface area contributed by atoms with E-state index in [1.165, 1.54) is 10.6 Å². The second-order valence-electron chi connectivity index (χ2n) is 8.23. The summed E-state index contributed by atoms with van der Waals surface area (Å²) in [5, 5.41) is 4.93. The van der Waals surface area contributed by atoms with Crippen molar-refractivity contribution in [3.63, 3.8) is 0 Å². The van der Waals surface area contributed by atoms with Gasteiger partial charge >= 0.3 is 0 Å². The molecular formula is C26H28N2O4S. The monoisotopic (exact) mass is 464 g/mol. The number of hydrogen-bond donors (Lipinski definition) is 1. The van der Waals surface area contributed by atoms with E-state index >= 15 is 0 Å². The molecular weight excluding hydrogens is 436 g/mol. The molecule has 4 rings (SSSR count). The number of carbonyl (C=O) groups excluding carboxylic acids is 1. The van der Waals surface area contributed by atoms with Gasteiger partial charge in [-0.1, -0.05) is 43.3 Å². The van der Waals surface area contributed by atoms with Crippen molar-refractivity contribution in [3.05, 3.63) is 71.8 Å². The van der Waals surface area contributed by atoms with Crippen molar-refractivity contribution in [2.24, 2.45) is 0 Å². The number of rotatable bonds is 8. The summed E-state index contributed by atoms with van der Waals surface area (Å²) in [4.78, 5) is 12.6. The fraction of sp³-hybridized carbons (Fsp3) is 0.269. The summed E-state index contributed by atoms with van der Waals surface area (Å²) >= 11 is 0. The molecule has 1 aromatic heterocycles. The van der Waals surface area contributed by atoms with Crippen LogP contribution in [0.15, 0.2) is 65.1 Å². The van der Waals surface area contributed by atoms with Crippen molar-refractivity contribution in [1.82, 2.24) is 0 Å². The van der Waals surface area contributed by atoms with Crippen LogP contribution < -0.4 is 9.62 Å². The maximum Gasteiger partial charge on any atom is 0.232 e. The number of para-hydroxylation sites is 2. The van der Waals surface area contributed by atoms with Gasteiger partial charge in [0.25, 0.3) is 0 Å². The van der Waals surface area contributed by atoms with Gasteiger partial charge < -0.3 is 9.73 Å². The first kappa shape index (κ1) is 22.9. The summed E-state index contributed by atoms with van der Waals surface area (Å²) in [7, 11) is -3.48. The predicted octanol–water partition coefficient (Wildman–Crippen LogP) is 5.64. The Morgan fingerprint density at radius 2 is 1.76 bits per heavy atom. The average Bonchev–Trinajstić information content (AvgIpc) is 3.14. The molecule has 0 saturated carbocycles. The number of fused-ring (bicyclic) bond motifs is 3. The molecule has 0 aliphatic heterocycles. The number of amides is 1. The molecule has 0 saturated heterocycles. The number of carbonyl (C=O) groups is 1. The normalized spacial score (nSPS) is 11.7. The van der Waals surface area contributed by atoms with Gasteiger partial charge in [-0.05, 0) is 49.1 Å². The average molecular weight is 465 g/mol. The van der Waals surface area contributed by atoms with Crippen molar-refractivity contribution in [2.45, 2.75) is 33.1 Å². The second kappa shape index (κ2) is 9.27. The third-order valence-electron chi connectivity index (χ3n) is 5.78. The molecule has 0 spiro atoms. The number of anilines is 2. The molecule has 0 radical (unpaired) electrons. The lowest BCUT2D eigenvalue weighted by atomic mass is 10.1. The van der Waals surface area contributed by atoms with E-state index in [9.17, 15) is 13.2 Å². The fourth-order valence-electron chi connectivity index (χ4n) is 4.22. The van der Waals surface area contributed by atoms with Crippen LogP contribution in [0.2, 0.25) is 0 Å². The second-order valence-corrected chi connectivity index (χ2v) is 10.1. The number of hydrogen-bond acceptors (Lipinski definition) is 4. The minimum atomic E-state index is -3.48. The highest BCUT2D eigenvalue weighted by atomic mass is 32.2. The van der Waals surface area contributed by atoms with Crippen LogP contribution in [0.5, 0.6) is 0 Å². The summed E-state index contributed by atoms with van der Waals surface area (Å²) in [5.41, 5.74) is 4.77. The van der Waals surface area contributed by atoms with Gasteiger partial charge in [-0.15, -0.1) is 0 Å². The first-order valence-corrected chi connectivity index (χ1v) is 12.9. The number of furan rings is 1. The van der Waals surface area contributed by atoms with Crippen LogP contribution in [-0.4, -0.2) is 27.1 Å². The summed E-state index contributed by atoms with van der Waals surface area (Å²) in [6.07, 6.45) is 2.55. The van der Waals surface area contributed by atoms with Crippen LogP contribution in [0.25, 0.3) is 21.9 Å². The molecule has 1 amide bonds. The van der Waals surface area contributed by atoms with Crippen molar-refractivity contribution >= 4 is 49.2 Å². The van der Waals surface area contributed by atoms with E-state index in [2.05, 4.69) is 5.32 Å². The summed E-state index contributed by atoms with van der Waals surface area (Å²) in [5.74, 6) is -0.167. The minimum absolute atomic E-state index is 0.167. The van der Waals surface area contributed by atoms with Crippen LogP contribution in [0, 0.1) is 6.92 Å². The molecule has 3 aromatic carbocycles. The lowest BCUT2D eigenvalue weighted by molar-refractivity contribution is -0.116. The van der Waals surface area contributed by atoms with Crippen LogP contribution >= 0.6 is 0 Å². The first-order chi connectivity index (χ1) is 15.8. The van der Waals surface area contributed by atoms with Crippen molar-refractivity contribution in [3.8, 4) is 0 Å². The highest BCUT2D eigenvalue weighted by Gasteiger charge is 2.21. The highest BCUT2D eigenvalue weighted by Crippen LogP contribution is 2.31. The van der Waals surface area contributed by atoms with E-state index in [0.717, 1.165) is 39.6 Å². The Balaban J connectivity index is 1.44. The molecule has 0 bridgehead atoms. The van der Waals surface area contributed by atoms with E-state index in [4.69, 9.17) is 4.42 Å². The summed E-state index contributed by atoms with van der Waals surface area (Å²) in [6, 6.07) is 19.2. The van der Waals surface area contributed by atoms with E-state index in [1.807, 2.05) is 74.5 Å². The van der Waals surface area contributed by atoms with Gasteiger partial charge in [0.1, 0.15) is 11.2 Å². The van der Waals surface area contributed by atoms with Gasteiger partial charge in [0.05, 0.1) is 11.9 Å². The molecule has 0 aliphatic carbocycles. The Morgan fingerprint density at radius 3 is 2.52 bits per heavy atom. The Kier molecular flexibility index (Phi) is 6.42. The van der Waals surface area contributed by atoms with Crippen LogP contribution in [0.4, 0.5) is 11.4 Å². The van der Waals surface area contributed by atoms with Gasteiger partial charge in [0, 0.05) is 35.5 Å². The molecule has 0 unspecified atom stereocenters. The molecule has 33 heavy (non-hydrogen) atoms. The van der Waals surface area contributed by atoms with Gasteiger partial charge in [0.15, 0.2) is 0 Å². The topological polar surface area (TPSA) is 79.6 Å². The third-order valence-corrected chi connectivity index (χ3v) is 6.95. The quantitative estimate of drug-likeness (QED) is 0.366. The largest absolute Gasteiger partial charge is 0.456 e. The number of sulfonamides is 1. The Labute approximate surface area is 194 Å². The molecule has 0 fully saturated rings. The zero-order valence-corrected chi connectivity index (χ0v) is 19.9. The van der Waals surface area contributed by atoms with Crippen LogP contribution in [0.1, 0.15) is 30.9 Å². The Hall–Kier alpha value is -3.32. The molecule has 4 aromatic rings. The number of aryl methyl sites for hydroxylation is 2. The van der Waals surface area contributed by atoms with Crippen molar-refractivity contribution < 1.29 is 17.6 Å².